The van der Waals surface area contributed by atoms with Crippen molar-refractivity contribution >= 4 is 23.7 Å². The Balaban J connectivity index is 1.83. The quantitative estimate of drug-likeness (QED) is 0.732. The van der Waals surface area contributed by atoms with E-state index in [1.54, 1.807) is 24.5 Å². The Morgan fingerprint density at radius 2 is 1.96 bits per heavy atom. The summed E-state index contributed by atoms with van der Waals surface area (Å²) in [4.78, 5) is 31.5. The van der Waals surface area contributed by atoms with Gasteiger partial charge in [0.2, 0.25) is 11.1 Å². The number of aromatic amines is 1. The zero-order valence-electron chi connectivity index (χ0n) is 13.1. The summed E-state index contributed by atoms with van der Waals surface area (Å²) >= 11 is 1.14. The number of hydrogen-bond acceptors (Lipinski definition) is 6. The monoisotopic (exact) mass is 334 g/mol. The van der Waals surface area contributed by atoms with Crippen LogP contribution < -0.4 is 10.6 Å². The number of urea groups is 1. The first-order valence-corrected chi connectivity index (χ1v) is 7.90. The lowest BCUT2D eigenvalue weighted by molar-refractivity contribution is -0.117. The Hall–Kier alpha value is -2.42. The van der Waals surface area contributed by atoms with Gasteiger partial charge in [-0.1, -0.05) is 11.8 Å². The van der Waals surface area contributed by atoms with Gasteiger partial charge in [-0.3, -0.25) is 20.2 Å². The molecule has 9 heteroatoms. The number of nitrogens with zero attached hydrogens (tertiary/aromatic N) is 3. The van der Waals surface area contributed by atoms with E-state index >= 15 is 0 Å². The standard InChI is InChI=1S/C14H18N6O2S/c1-14(2,3)18-12(22)16-10(21)8-23-13-17-11(19-20-13)9-4-6-15-7-5-9/h4-7H,8H2,1-3H3,(H,17,19,20)(H2,16,18,21,22). The summed E-state index contributed by atoms with van der Waals surface area (Å²) in [6.07, 6.45) is 3.32. The molecule has 2 rings (SSSR count). The predicted octanol–water partition coefficient (Wildman–Crippen LogP) is 1.58. The summed E-state index contributed by atoms with van der Waals surface area (Å²) in [5.74, 6) is 0.235. The topological polar surface area (TPSA) is 113 Å². The third kappa shape index (κ3) is 5.70. The molecular weight excluding hydrogens is 316 g/mol. The van der Waals surface area contributed by atoms with Gasteiger partial charge in [0.25, 0.3) is 0 Å². The molecule has 0 aromatic carbocycles. The molecule has 0 unspecified atom stereocenters. The Morgan fingerprint density at radius 3 is 2.61 bits per heavy atom. The van der Waals surface area contributed by atoms with E-state index < -0.39 is 17.5 Å². The van der Waals surface area contributed by atoms with Crippen molar-refractivity contribution in [2.75, 3.05) is 5.75 Å². The van der Waals surface area contributed by atoms with Crippen LogP contribution in [0.3, 0.4) is 0 Å². The number of amides is 3. The van der Waals surface area contributed by atoms with Crippen molar-refractivity contribution in [1.82, 2.24) is 30.8 Å². The summed E-state index contributed by atoms with van der Waals surface area (Å²) in [6, 6.07) is 3.09. The molecule has 0 atom stereocenters. The molecule has 0 aliphatic heterocycles. The number of carbonyl (C=O) groups excluding carboxylic acids is 2. The Kier molecular flexibility index (Phi) is 5.32. The van der Waals surface area contributed by atoms with Crippen molar-refractivity contribution in [3.8, 4) is 11.4 Å². The van der Waals surface area contributed by atoms with Crippen molar-refractivity contribution in [2.24, 2.45) is 0 Å². The van der Waals surface area contributed by atoms with Gasteiger partial charge in [-0.05, 0) is 32.9 Å². The van der Waals surface area contributed by atoms with E-state index in [4.69, 9.17) is 0 Å². The minimum atomic E-state index is -0.518. The number of H-pyrrole nitrogens is 1. The Labute approximate surface area is 137 Å². The fourth-order valence-electron chi connectivity index (χ4n) is 1.61. The minimum Gasteiger partial charge on any atom is -0.333 e. The number of rotatable bonds is 4. The van der Waals surface area contributed by atoms with Crippen molar-refractivity contribution in [3.63, 3.8) is 0 Å². The van der Waals surface area contributed by atoms with E-state index in [1.807, 2.05) is 20.8 Å². The second-order valence-electron chi connectivity index (χ2n) is 5.74. The van der Waals surface area contributed by atoms with Crippen LogP contribution in [-0.2, 0) is 4.79 Å². The maximum atomic E-state index is 11.7. The van der Waals surface area contributed by atoms with E-state index in [1.165, 1.54) is 0 Å². The van der Waals surface area contributed by atoms with E-state index in [0.717, 1.165) is 17.3 Å². The van der Waals surface area contributed by atoms with Crippen LogP contribution in [0.5, 0.6) is 0 Å². The molecule has 23 heavy (non-hydrogen) atoms. The molecule has 0 radical (unpaired) electrons. The highest BCUT2D eigenvalue weighted by molar-refractivity contribution is 7.99. The lowest BCUT2D eigenvalue weighted by Crippen LogP contribution is -2.48. The summed E-state index contributed by atoms with van der Waals surface area (Å²) in [5.41, 5.74) is 0.453. The molecule has 3 N–H and O–H groups in total. The third-order valence-corrected chi connectivity index (χ3v) is 3.34. The molecular formula is C14H18N6O2S. The van der Waals surface area contributed by atoms with Gasteiger partial charge in [-0.15, -0.1) is 5.10 Å². The fraction of sp³-hybridized carbons (Fsp3) is 0.357. The molecule has 0 spiro atoms. The Morgan fingerprint density at radius 1 is 1.26 bits per heavy atom. The molecule has 3 amide bonds. The van der Waals surface area contributed by atoms with E-state index in [-0.39, 0.29) is 5.75 Å². The van der Waals surface area contributed by atoms with Crippen LogP contribution in [0.15, 0.2) is 29.7 Å². The average Bonchev–Trinajstić information content (AvgIpc) is 2.93. The van der Waals surface area contributed by atoms with Crippen LogP contribution in [0, 0.1) is 0 Å². The van der Waals surface area contributed by atoms with Gasteiger partial charge in [0.15, 0.2) is 5.82 Å². The second kappa shape index (κ2) is 7.23. The van der Waals surface area contributed by atoms with Crippen LogP contribution in [0.4, 0.5) is 4.79 Å². The summed E-state index contributed by atoms with van der Waals surface area (Å²) in [5, 5.41) is 12.2. The van der Waals surface area contributed by atoms with Gasteiger partial charge in [-0.2, -0.15) is 0 Å². The highest BCUT2D eigenvalue weighted by Crippen LogP contribution is 2.18. The molecule has 122 valence electrons. The first kappa shape index (κ1) is 16.9. The maximum absolute atomic E-state index is 11.7. The first-order valence-electron chi connectivity index (χ1n) is 6.91. The molecule has 0 saturated heterocycles. The average molecular weight is 334 g/mol. The number of hydrogen-bond donors (Lipinski definition) is 3. The largest absolute Gasteiger partial charge is 0.333 e. The van der Waals surface area contributed by atoms with Gasteiger partial charge in [0.1, 0.15) is 0 Å². The summed E-state index contributed by atoms with van der Waals surface area (Å²) in [7, 11) is 0. The molecule has 0 aliphatic carbocycles. The zero-order chi connectivity index (χ0) is 16.9. The van der Waals surface area contributed by atoms with Gasteiger partial charge >= 0.3 is 6.03 Å². The number of nitrogens with one attached hydrogen (secondary N) is 3. The molecule has 0 fully saturated rings. The zero-order valence-corrected chi connectivity index (χ0v) is 13.9. The predicted molar refractivity (Wildman–Crippen MR) is 86.8 cm³/mol. The lowest BCUT2D eigenvalue weighted by atomic mass is 10.1. The van der Waals surface area contributed by atoms with Gasteiger partial charge < -0.3 is 5.32 Å². The normalized spacial score (nSPS) is 11.1. The Bertz CT molecular complexity index is 680. The van der Waals surface area contributed by atoms with Crippen LogP contribution in [-0.4, -0.2) is 43.4 Å². The highest BCUT2D eigenvalue weighted by Gasteiger charge is 2.16. The number of carbonyl (C=O) groups is 2. The minimum absolute atomic E-state index is 0.0468. The SMILES string of the molecule is CC(C)(C)NC(=O)NC(=O)CSc1n[nH]c(-c2ccncc2)n1. The molecule has 2 heterocycles. The van der Waals surface area contributed by atoms with Crippen molar-refractivity contribution < 1.29 is 9.59 Å². The fourth-order valence-corrected chi connectivity index (χ4v) is 2.21. The van der Waals surface area contributed by atoms with Crippen LogP contribution in [0.2, 0.25) is 0 Å². The molecule has 0 aliphatic rings. The third-order valence-electron chi connectivity index (χ3n) is 2.49. The van der Waals surface area contributed by atoms with E-state index in [0.29, 0.717) is 11.0 Å². The summed E-state index contributed by atoms with van der Waals surface area (Å²) in [6.45, 7) is 5.50. The lowest BCUT2D eigenvalue weighted by Gasteiger charge is -2.20. The van der Waals surface area contributed by atoms with Gasteiger partial charge in [-0.25, -0.2) is 9.78 Å². The van der Waals surface area contributed by atoms with E-state index in [2.05, 4.69) is 30.8 Å². The number of imide groups is 1. The molecule has 8 nitrogen and oxygen atoms in total. The molecule has 2 aromatic heterocycles. The number of aromatic nitrogens is 4. The van der Waals surface area contributed by atoms with Crippen molar-refractivity contribution in [3.05, 3.63) is 24.5 Å². The molecule has 2 aromatic rings. The number of thioether (sulfide) groups is 1. The van der Waals surface area contributed by atoms with E-state index in [9.17, 15) is 9.59 Å². The van der Waals surface area contributed by atoms with Gasteiger partial charge in [0, 0.05) is 23.5 Å². The van der Waals surface area contributed by atoms with Crippen molar-refractivity contribution in [1.29, 1.82) is 0 Å². The van der Waals surface area contributed by atoms with Crippen LogP contribution >= 0.6 is 11.8 Å². The van der Waals surface area contributed by atoms with Crippen LogP contribution in [0.1, 0.15) is 20.8 Å². The first-order chi connectivity index (χ1) is 10.8. The molecule has 0 saturated carbocycles. The number of pyridine rings is 1. The van der Waals surface area contributed by atoms with Gasteiger partial charge in [0.05, 0.1) is 5.75 Å². The van der Waals surface area contributed by atoms with Crippen LogP contribution in [0.25, 0.3) is 11.4 Å². The smallest absolute Gasteiger partial charge is 0.321 e. The van der Waals surface area contributed by atoms with Crippen molar-refractivity contribution in [2.45, 2.75) is 31.5 Å². The molecule has 0 bridgehead atoms. The summed E-state index contributed by atoms with van der Waals surface area (Å²) < 4.78 is 0. The second-order valence-corrected chi connectivity index (χ2v) is 6.69. The maximum Gasteiger partial charge on any atom is 0.321 e. The highest BCUT2D eigenvalue weighted by atomic mass is 32.2.